The monoisotopic (exact) mass is 425 g/mol. The molecule has 0 saturated heterocycles. The summed E-state index contributed by atoms with van der Waals surface area (Å²) in [6, 6.07) is 15.8. The SMILES string of the molecule is C[C@H](OC(C)(C)C)[C@H](CCC(=O)O)NC(=O)OCC1c2ccccc2-c2ccccc21. The quantitative estimate of drug-likeness (QED) is 0.624. The van der Waals surface area contributed by atoms with Crippen molar-refractivity contribution < 1.29 is 24.2 Å². The highest BCUT2D eigenvalue weighted by molar-refractivity contribution is 5.79. The summed E-state index contributed by atoms with van der Waals surface area (Å²) in [5.74, 6) is -0.943. The third-order valence-corrected chi connectivity index (χ3v) is 5.42. The Morgan fingerprint density at radius 1 is 1.03 bits per heavy atom. The van der Waals surface area contributed by atoms with Crippen LogP contribution in [0.25, 0.3) is 11.1 Å². The number of fused-ring (bicyclic) bond motifs is 3. The molecule has 0 aromatic heterocycles. The maximum absolute atomic E-state index is 12.6. The Kier molecular flexibility index (Phi) is 7.01. The van der Waals surface area contributed by atoms with Crippen LogP contribution in [0.15, 0.2) is 48.5 Å². The van der Waals surface area contributed by atoms with Crippen molar-refractivity contribution in [3.05, 3.63) is 59.7 Å². The molecule has 2 N–H and O–H groups in total. The van der Waals surface area contributed by atoms with E-state index in [2.05, 4.69) is 29.6 Å². The number of rotatable bonds is 8. The third-order valence-electron chi connectivity index (χ3n) is 5.42. The molecular formula is C25H31NO5. The minimum Gasteiger partial charge on any atom is -0.481 e. The molecule has 6 nitrogen and oxygen atoms in total. The smallest absolute Gasteiger partial charge is 0.407 e. The lowest BCUT2D eigenvalue weighted by atomic mass is 9.98. The van der Waals surface area contributed by atoms with Gasteiger partial charge in [0.15, 0.2) is 0 Å². The molecule has 0 heterocycles. The van der Waals surface area contributed by atoms with Crippen LogP contribution in [-0.2, 0) is 14.3 Å². The minimum absolute atomic E-state index is 0.0288. The first-order valence-electron chi connectivity index (χ1n) is 10.7. The van der Waals surface area contributed by atoms with E-state index < -0.39 is 23.7 Å². The first-order valence-corrected chi connectivity index (χ1v) is 10.7. The van der Waals surface area contributed by atoms with Crippen molar-refractivity contribution in [3.8, 4) is 11.1 Å². The molecule has 2 aromatic rings. The van der Waals surface area contributed by atoms with Gasteiger partial charge < -0.3 is 19.9 Å². The first kappa shape index (κ1) is 22.8. The third kappa shape index (κ3) is 5.85. The Bertz CT molecular complexity index is 888. The topological polar surface area (TPSA) is 84.9 Å². The molecule has 1 amide bonds. The number of carboxylic acid groups (broad SMARTS) is 1. The van der Waals surface area contributed by atoms with Crippen LogP contribution in [-0.4, -0.2) is 41.5 Å². The molecule has 1 aliphatic rings. The minimum atomic E-state index is -0.915. The molecule has 0 saturated carbocycles. The zero-order valence-corrected chi connectivity index (χ0v) is 18.6. The number of nitrogens with one attached hydrogen (secondary N) is 1. The summed E-state index contributed by atoms with van der Waals surface area (Å²) in [4.78, 5) is 23.7. The first-order chi connectivity index (χ1) is 14.7. The van der Waals surface area contributed by atoms with Gasteiger partial charge in [-0.25, -0.2) is 4.79 Å². The molecule has 0 unspecified atom stereocenters. The predicted octanol–water partition coefficient (Wildman–Crippen LogP) is 4.96. The van der Waals surface area contributed by atoms with E-state index in [0.717, 1.165) is 11.1 Å². The Balaban J connectivity index is 1.67. The summed E-state index contributed by atoms with van der Waals surface area (Å²) in [5, 5.41) is 11.9. The summed E-state index contributed by atoms with van der Waals surface area (Å²) in [7, 11) is 0. The number of hydrogen-bond donors (Lipinski definition) is 2. The fourth-order valence-electron chi connectivity index (χ4n) is 4.13. The molecule has 0 radical (unpaired) electrons. The summed E-state index contributed by atoms with van der Waals surface area (Å²) in [6.07, 6.45) is -0.732. The molecule has 166 valence electrons. The molecule has 2 aromatic carbocycles. The number of carboxylic acids is 1. The Morgan fingerprint density at radius 2 is 1.58 bits per heavy atom. The Hall–Kier alpha value is -2.86. The maximum Gasteiger partial charge on any atom is 0.407 e. The highest BCUT2D eigenvalue weighted by Gasteiger charge is 2.30. The normalized spacial score (nSPS) is 15.0. The second kappa shape index (κ2) is 9.52. The van der Waals surface area contributed by atoms with Crippen LogP contribution in [0.2, 0.25) is 0 Å². The number of carbonyl (C=O) groups excluding carboxylic acids is 1. The zero-order chi connectivity index (χ0) is 22.6. The van der Waals surface area contributed by atoms with Gasteiger partial charge in [0.05, 0.1) is 17.7 Å². The van der Waals surface area contributed by atoms with E-state index in [-0.39, 0.29) is 31.5 Å². The molecule has 6 heteroatoms. The summed E-state index contributed by atoms with van der Waals surface area (Å²) in [6.45, 7) is 7.81. The van der Waals surface area contributed by atoms with E-state index in [9.17, 15) is 9.59 Å². The highest BCUT2D eigenvalue weighted by Crippen LogP contribution is 2.44. The summed E-state index contributed by atoms with van der Waals surface area (Å²) in [5.41, 5.74) is 4.20. The van der Waals surface area contributed by atoms with Crippen LogP contribution in [0.5, 0.6) is 0 Å². The lowest BCUT2D eigenvalue weighted by Gasteiger charge is -2.31. The zero-order valence-electron chi connectivity index (χ0n) is 18.6. The second-order valence-corrected chi connectivity index (χ2v) is 8.94. The average Bonchev–Trinajstić information content (AvgIpc) is 3.02. The number of alkyl carbamates (subject to hydrolysis) is 1. The van der Waals surface area contributed by atoms with Gasteiger partial charge in [-0.15, -0.1) is 0 Å². The van der Waals surface area contributed by atoms with Gasteiger partial charge in [0.25, 0.3) is 0 Å². The largest absolute Gasteiger partial charge is 0.481 e. The van der Waals surface area contributed by atoms with Crippen molar-refractivity contribution in [2.24, 2.45) is 0 Å². The second-order valence-electron chi connectivity index (χ2n) is 8.94. The van der Waals surface area contributed by atoms with Gasteiger partial charge in [-0.2, -0.15) is 0 Å². The average molecular weight is 426 g/mol. The number of benzene rings is 2. The summed E-state index contributed by atoms with van der Waals surface area (Å²) >= 11 is 0. The van der Waals surface area contributed by atoms with Crippen molar-refractivity contribution >= 4 is 12.1 Å². The molecule has 0 aliphatic heterocycles. The number of hydrogen-bond acceptors (Lipinski definition) is 4. The Labute approximate surface area is 183 Å². The number of amides is 1. The van der Waals surface area contributed by atoms with Gasteiger partial charge in [-0.3, -0.25) is 4.79 Å². The van der Waals surface area contributed by atoms with E-state index in [1.165, 1.54) is 11.1 Å². The molecule has 0 bridgehead atoms. The van der Waals surface area contributed by atoms with Crippen molar-refractivity contribution in [1.82, 2.24) is 5.32 Å². The van der Waals surface area contributed by atoms with Crippen LogP contribution in [0.1, 0.15) is 57.6 Å². The van der Waals surface area contributed by atoms with Gasteiger partial charge in [-0.1, -0.05) is 48.5 Å². The van der Waals surface area contributed by atoms with Gasteiger partial charge in [0.1, 0.15) is 6.61 Å². The molecule has 2 atom stereocenters. The van der Waals surface area contributed by atoms with E-state index in [1.807, 2.05) is 52.0 Å². The van der Waals surface area contributed by atoms with Gasteiger partial charge in [0, 0.05) is 12.3 Å². The fourth-order valence-corrected chi connectivity index (χ4v) is 4.13. The Morgan fingerprint density at radius 3 is 2.10 bits per heavy atom. The molecular weight excluding hydrogens is 394 g/mol. The highest BCUT2D eigenvalue weighted by atomic mass is 16.6. The van der Waals surface area contributed by atoms with Crippen LogP contribution in [0.4, 0.5) is 4.79 Å². The summed E-state index contributed by atoms with van der Waals surface area (Å²) < 4.78 is 11.5. The van der Waals surface area contributed by atoms with Crippen LogP contribution >= 0.6 is 0 Å². The lowest BCUT2D eigenvalue weighted by Crippen LogP contribution is -2.46. The van der Waals surface area contributed by atoms with E-state index in [1.54, 1.807) is 0 Å². The standard InChI is InChI=1S/C25H31NO5/c1-16(31-25(2,3)4)22(13-14-23(27)28)26-24(29)30-15-21-19-11-7-5-9-17(19)18-10-6-8-12-20(18)21/h5-12,16,21-22H,13-15H2,1-4H3,(H,26,29)(H,27,28)/t16-,22-/m0/s1. The van der Waals surface area contributed by atoms with E-state index >= 15 is 0 Å². The molecule has 3 rings (SSSR count). The maximum atomic E-state index is 12.6. The van der Waals surface area contributed by atoms with Gasteiger partial charge >= 0.3 is 12.1 Å². The van der Waals surface area contributed by atoms with E-state index in [4.69, 9.17) is 14.6 Å². The molecule has 0 spiro atoms. The van der Waals surface area contributed by atoms with Crippen LogP contribution < -0.4 is 5.32 Å². The van der Waals surface area contributed by atoms with Gasteiger partial charge in [-0.05, 0) is 56.4 Å². The number of aliphatic carboxylic acids is 1. The fraction of sp³-hybridized carbons (Fsp3) is 0.440. The number of carbonyl (C=O) groups is 2. The van der Waals surface area contributed by atoms with Crippen molar-refractivity contribution in [1.29, 1.82) is 0 Å². The lowest BCUT2D eigenvalue weighted by molar-refractivity contribution is -0.137. The molecule has 31 heavy (non-hydrogen) atoms. The molecule has 1 aliphatic carbocycles. The van der Waals surface area contributed by atoms with Crippen LogP contribution in [0.3, 0.4) is 0 Å². The van der Waals surface area contributed by atoms with Crippen LogP contribution in [0, 0.1) is 0 Å². The molecule has 0 fully saturated rings. The number of ether oxygens (including phenoxy) is 2. The van der Waals surface area contributed by atoms with E-state index in [0.29, 0.717) is 0 Å². The van der Waals surface area contributed by atoms with Gasteiger partial charge in [0.2, 0.25) is 0 Å². The van der Waals surface area contributed by atoms with Crippen molar-refractivity contribution in [3.63, 3.8) is 0 Å². The van der Waals surface area contributed by atoms with Crippen molar-refractivity contribution in [2.75, 3.05) is 6.61 Å². The van der Waals surface area contributed by atoms with Crippen molar-refractivity contribution in [2.45, 2.75) is 64.2 Å². The predicted molar refractivity (Wildman–Crippen MR) is 119 cm³/mol.